The van der Waals surface area contributed by atoms with Gasteiger partial charge in [-0.1, -0.05) is 72.9 Å². The molecule has 12 atom stereocenters. The first-order valence-corrected chi connectivity index (χ1v) is 33.4. The molecule has 14 heteroatoms. The van der Waals surface area contributed by atoms with Gasteiger partial charge in [-0.3, -0.25) is 19.2 Å². The molecular weight excluding hydrogens is 1110 g/mol. The number of allylic oxidation sites excluding steroid dienone is 8. The van der Waals surface area contributed by atoms with Crippen LogP contribution >= 0.6 is 68.0 Å². The van der Waals surface area contributed by atoms with Crippen molar-refractivity contribution in [1.82, 2.24) is 0 Å². The summed E-state index contributed by atoms with van der Waals surface area (Å²) in [4.78, 5) is 57.2. The fraction of sp³-hybridized carbons (Fsp3) is 0.424. The van der Waals surface area contributed by atoms with Crippen LogP contribution in [0.1, 0.15) is 76.3 Å². The fourth-order valence-corrected chi connectivity index (χ4v) is 18.6. The van der Waals surface area contributed by atoms with E-state index in [2.05, 4.69) is 132 Å². The molecule has 6 aromatic heterocycles. The molecule has 6 aliphatic rings. The van der Waals surface area contributed by atoms with Gasteiger partial charge in [0.2, 0.25) is 0 Å². The summed E-state index contributed by atoms with van der Waals surface area (Å²) in [6.07, 6.45) is 27.6. The molecule has 0 aromatic carbocycles. The number of rotatable bonds is 20. The lowest BCUT2D eigenvalue weighted by atomic mass is 9.94. The van der Waals surface area contributed by atoms with Crippen LogP contribution in [0.5, 0.6) is 0 Å². The van der Waals surface area contributed by atoms with E-state index in [0.717, 1.165) is 53.5 Å². The zero-order chi connectivity index (χ0) is 55.5. The number of hydrogen-bond acceptors (Lipinski definition) is 14. The molecule has 8 nitrogen and oxygen atoms in total. The summed E-state index contributed by atoms with van der Waals surface area (Å²) in [5, 5.41) is 8.34. The van der Waals surface area contributed by atoms with E-state index in [9.17, 15) is 19.2 Å². The van der Waals surface area contributed by atoms with Crippen LogP contribution in [0.4, 0.5) is 0 Å². The molecule has 0 radical (unpaired) electrons. The number of carbonyl (C=O) groups excluding carboxylic acids is 4. The van der Waals surface area contributed by atoms with Crippen LogP contribution in [0.3, 0.4) is 0 Å². The Hall–Kier alpha value is -5.22. The maximum atomic E-state index is 13.1. The highest BCUT2D eigenvalue weighted by molar-refractivity contribution is 7.26. The Morgan fingerprint density at radius 1 is 0.475 bits per heavy atom. The van der Waals surface area contributed by atoms with Crippen molar-refractivity contribution in [3.8, 4) is 39.0 Å². The molecular formula is C66H72O8S6. The molecule has 0 amide bonds. The summed E-state index contributed by atoms with van der Waals surface area (Å²) in [6.45, 7) is 13.1. The molecule has 0 aliphatic heterocycles. The summed E-state index contributed by atoms with van der Waals surface area (Å²) >= 11 is 10.4. The predicted molar refractivity (Wildman–Crippen MR) is 331 cm³/mol. The standard InChI is InChI=1S/C34H38O4S3.C22H20O2S3.C10H14O2/c1-4-23-14-26(29(15-23)20-37-22(3)35)11-10-24-16-25(5-2)28(17-24)21-38-33(36)19-27-18-32(30-8-6-12-39-30)41-34(27)31-9-7-13-40-31;23-21(24-13-17-10-14-5-6-15(17)9-14)12-16-11-20(18-3-1-7-25-18)27-22(16)19-4-2-8-26-19;1-7(11)12-6-10-5-8-2-3-9(10)4-8/h4-13,18,23-26,28-29H,1-2,14-17,19-21H2,3H3;1-8,11,14-15,17H,9-10,12-13H2;2-3,8-10H,4-6H2,1H3/b11-10+;;. The van der Waals surface area contributed by atoms with Crippen molar-refractivity contribution in [1.29, 1.82) is 0 Å². The van der Waals surface area contributed by atoms with Gasteiger partial charge in [0.05, 0.1) is 39.3 Å². The third-order valence-electron chi connectivity index (χ3n) is 16.9. The maximum Gasteiger partial charge on any atom is 0.310 e. The van der Waals surface area contributed by atoms with Crippen molar-refractivity contribution in [2.24, 2.45) is 71.0 Å². The molecule has 4 saturated carbocycles. The molecule has 4 fully saturated rings. The van der Waals surface area contributed by atoms with E-state index in [4.69, 9.17) is 18.9 Å². The van der Waals surface area contributed by atoms with Crippen molar-refractivity contribution >= 4 is 91.9 Å². The molecule has 420 valence electrons. The number of hydrogen-bond donors (Lipinski definition) is 0. The van der Waals surface area contributed by atoms with Crippen molar-refractivity contribution in [3.05, 3.63) is 155 Å². The lowest BCUT2D eigenvalue weighted by Gasteiger charge is -2.17. The van der Waals surface area contributed by atoms with Crippen LogP contribution in [-0.2, 0) is 51.0 Å². The van der Waals surface area contributed by atoms with Crippen LogP contribution in [0.15, 0.2) is 144 Å². The van der Waals surface area contributed by atoms with Gasteiger partial charge in [0.1, 0.15) is 0 Å². The lowest BCUT2D eigenvalue weighted by Crippen LogP contribution is -2.18. The van der Waals surface area contributed by atoms with Crippen LogP contribution in [0.25, 0.3) is 39.0 Å². The van der Waals surface area contributed by atoms with Crippen LogP contribution in [0.2, 0.25) is 0 Å². The smallest absolute Gasteiger partial charge is 0.310 e. The molecule has 12 unspecified atom stereocenters. The Labute approximate surface area is 496 Å². The van der Waals surface area contributed by atoms with Crippen LogP contribution in [0, 0.1) is 71.0 Å². The highest BCUT2D eigenvalue weighted by Gasteiger charge is 2.38. The van der Waals surface area contributed by atoms with Crippen molar-refractivity contribution < 1.29 is 38.1 Å². The molecule has 4 bridgehead atoms. The molecule has 0 spiro atoms. The molecule has 12 rings (SSSR count). The second-order valence-electron chi connectivity index (χ2n) is 22.4. The molecule has 80 heavy (non-hydrogen) atoms. The van der Waals surface area contributed by atoms with Gasteiger partial charge < -0.3 is 18.9 Å². The Bertz CT molecular complexity index is 3100. The summed E-state index contributed by atoms with van der Waals surface area (Å²) in [6, 6.07) is 21.1. The minimum Gasteiger partial charge on any atom is -0.466 e. The van der Waals surface area contributed by atoms with Crippen LogP contribution < -0.4 is 0 Å². The van der Waals surface area contributed by atoms with Gasteiger partial charge in [-0.15, -0.1) is 81.2 Å². The highest BCUT2D eigenvalue weighted by Crippen LogP contribution is 2.47. The van der Waals surface area contributed by atoms with E-state index in [1.807, 2.05) is 12.2 Å². The van der Waals surface area contributed by atoms with Gasteiger partial charge in [0, 0.05) is 52.9 Å². The molecule has 6 aliphatic carbocycles. The van der Waals surface area contributed by atoms with E-state index in [1.165, 1.54) is 73.7 Å². The number of ether oxygens (including phenoxy) is 4. The van der Waals surface area contributed by atoms with Gasteiger partial charge in [-0.2, -0.15) is 0 Å². The third-order valence-corrected chi connectivity index (χ3v) is 23.5. The first-order valence-electron chi connectivity index (χ1n) is 28.2. The van der Waals surface area contributed by atoms with Gasteiger partial charge in [0.15, 0.2) is 0 Å². The number of carbonyl (C=O) groups is 4. The molecule has 0 saturated heterocycles. The topological polar surface area (TPSA) is 105 Å². The van der Waals surface area contributed by atoms with E-state index in [1.54, 1.807) is 68.0 Å². The zero-order valence-corrected chi connectivity index (χ0v) is 50.6. The average molecular weight is 1190 g/mol. The molecule has 6 heterocycles. The Morgan fingerprint density at radius 3 is 1.34 bits per heavy atom. The van der Waals surface area contributed by atoms with Crippen LogP contribution in [-0.4, -0.2) is 50.3 Å². The van der Waals surface area contributed by atoms with Gasteiger partial charge >= 0.3 is 23.9 Å². The van der Waals surface area contributed by atoms with E-state index in [-0.39, 0.29) is 36.2 Å². The number of esters is 4. The SMILES string of the molecule is C=CC1CC(/C=C/C2CC(C=C)C(COC(=O)Cc3cc(-c4cccs4)sc3-c3cccs3)C2)C(COC(C)=O)C1.CC(=O)OCC1CC2C=CC1C2.O=C(Cc1cc(-c2cccs2)sc1-c1cccs1)OCC1CC2C=CC1C2. The van der Waals surface area contributed by atoms with Gasteiger partial charge in [0.25, 0.3) is 0 Å². The Kier molecular flexibility index (Phi) is 20.1. The summed E-state index contributed by atoms with van der Waals surface area (Å²) < 4.78 is 21.9. The predicted octanol–water partition coefficient (Wildman–Crippen LogP) is 17.3. The largest absolute Gasteiger partial charge is 0.466 e. The zero-order valence-electron chi connectivity index (χ0n) is 45.7. The highest BCUT2D eigenvalue weighted by atomic mass is 32.1. The second kappa shape index (κ2) is 27.7. The normalized spacial score (nSPS) is 26.7. The second-order valence-corrected chi connectivity index (χ2v) is 28.3. The summed E-state index contributed by atoms with van der Waals surface area (Å²) in [5.41, 5.74) is 2.12. The van der Waals surface area contributed by atoms with Crippen molar-refractivity contribution in [3.63, 3.8) is 0 Å². The monoisotopic (exact) mass is 1180 g/mol. The number of thiophene rings is 6. The summed E-state index contributed by atoms with van der Waals surface area (Å²) in [5.74, 6) is 5.49. The van der Waals surface area contributed by atoms with E-state index in [0.29, 0.717) is 86.1 Å². The lowest BCUT2D eigenvalue weighted by molar-refractivity contribution is -0.145. The van der Waals surface area contributed by atoms with Gasteiger partial charge in [-0.25, -0.2) is 0 Å². The first kappa shape index (κ1) is 58.0. The van der Waals surface area contributed by atoms with Gasteiger partial charge in [-0.05, 0) is 191 Å². The maximum absolute atomic E-state index is 13.1. The van der Waals surface area contributed by atoms with E-state index >= 15 is 0 Å². The third kappa shape index (κ3) is 15.1. The van der Waals surface area contributed by atoms with E-state index < -0.39 is 0 Å². The minimum absolute atomic E-state index is 0.102. The minimum atomic E-state index is -0.221. The Morgan fingerprint density at radius 2 is 0.912 bits per heavy atom. The Balaban J connectivity index is 0.000000156. The summed E-state index contributed by atoms with van der Waals surface area (Å²) in [7, 11) is 0. The molecule has 0 N–H and O–H groups in total. The molecule has 6 aromatic rings. The quantitative estimate of drug-likeness (QED) is 0.0423. The number of fused-ring (bicyclic) bond motifs is 4. The first-order chi connectivity index (χ1) is 38.9. The van der Waals surface area contributed by atoms with Crippen molar-refractivity contribution in [2.75, 3.05) is 26.4 Å². The average Bonchev–Trinajstić information content (AvgIpc) is 4.43. The fourth-order valence-electron chi connectivity index (χ4n) is 12.8. The van der Waals surface area contributed by atoms with Crippen molar-refractivity contribution in [2.45, 2.75) is 78.1 Å².